The van der Waals surface area contributed by atoms with Crippen molar-refractivity contribution in [3.8, 4) is 0 Å². The van der Waals surface area contributed by atoms with Crippen LogP contribution in [0.5, 0.6) is 0 Å². The van der Waals surface area contributed by atoms with Gasteiger partial charge < -0.3 is 9.67 Å². The SMILES string of the molecule is Cc1cnc(SCC(=O)O)n1C1CCCC(C)(C)C1. The molecule has 19 heavy (non-hydrogen) atoms. The molecule has 4 nitrogen and oxygen atoms in total. The van der Waals surface area contributed by atoms with Gasteiger partial charge >= 0.3 is 5.97 Å². The average molecular weight is 282 g/mol. The molecule has 5 heteroatoms. The zero-order valence-corrected chi connectivity index (χ0v) is 12.7. The van der Waals surface area contributed by atoms with Crippen molar-refractivity contribution in [2.75, 3.05) is 5.75 Å². The van der Waals surface area contributed by atoms with Crippen LogP contribution in [0.25, 0.3) is 0 Å². The summed E-state index contributed by atoms with van der Waals surface area (Å²) in [5.41, 5.74) is 1.50. The average Bonchev–Trinajstić information content (AvgIpc) is 2.66. The van der Waals surface area contributed by atoms with Crippen molar-refractivity contribution in [1.29, 1.82) is 0 Å². The Morgan fingerprint density at radius 1 is 1.63 bits per heavy atom. The van der Waals surface area contributed by atoms with Crippen LogP contribution in [0.15, 0.2) is 11.4 Å². The number of carboxylic acids is 1. The van der Waals surface area contributed by atoms with Crippen molar-refractivity contribution >= 4 is 17.7 Å². The molecule has 1 saturated carbocycles. The summed E-state index contributed by atoms with van der Waals surface area (Å²) < 4.78 is 2.24. The molecule has 1 heterocycles. The van der Waals surface area contributed by atoms with Gasteiger partial charge in [0.2, 0.25) is 0 Å². The lowest BCUT2D eigenvalue weighted by Gasteiger charge is -2.36. The molecular weight excluding hydrogens is 260 g/mol. The summed E-state index contributed by atoms with van der Waals surface area (Å²) in [6.07, 6.45) is 6.67. The molecule has 0 saturated heterocycles. The third-order valence-corrected chi connectivity index (χ3v) is 4.77. The fraction of sp³-hybridized carbons (Fsp3) is 0.714. The van der Waals surface area contributed by atoms with Crippen molar-refractivity contribution in [3.63, 3.8) is 0 Å². The Morgan fingerprint density at radius 2 is 2.37 bits per heavy atom. The fourth-order valence-corrected chi connectivity index (χ4v) is 3.79. The molecule has 1 fully saturated rings. The number of carboxylic acid groups (broad SMARTS) is 1. The van der Waals surface area contributed by atoms with Crippen LogP contribution in [-0.4, -0.2) is 26.4 Å². The molecule has 0 aliphatic heterocycles. The first kappa shape index (κ1) is 14.4. The molecule has 1 aromatic rings. The largest absolute Gasteiger partial charge is 0.481 e. The normalized spacial score (nSPS) is 22.4. The summed E-state index contributed by atoms with van der Waals surface area (Å²) in [5, 5.41) is 9.66. The monoisotopic (exact) mass is 282 g/mol. The van der Waals surface area contributed by atoms with E-state index in [0.29, 0.717) is 11.5 Å². The van der Waals surface area contributed by atoms with E-state index in [4.69, 9.17) is 5.11 Å². The second kappa shape index (κ2) is 5.57. The maximum Gasteiger partial charge on any atom is 0.313 e. The standard InChI is InChI=1S/C14H22N2O2S/c1-10-8-15-13(19-9-12(17)18)16(10)11-5-4-6-14(2,3)7-11/h8,11H,4-7,9H2,1-3H3,(H,17,18). The first-order valence-electron chi connectivity index (χ1n) is 6.77. The van der Waals surface area contributed by atoms with Crippen LogP contribution in [-0.2, 0) is 4.79 Å². The van der Waals surface area contributed by atoms with Crippen molar-refractivity contribution < 1.29 is 9.90 Å². The maximum atomic E-state index is 10.7. The van der Waals surface area contributed by atoms with Crippen LogP contribution in [0.2, 0.25) is 0 Å². The lowest BCUT2D eigenvalue weighted by atomic mass is 9.75. The van der Waals surface area contributed by atoms with Crippen LogP contribution in [0.1, 0.15) is 51.3 Å². The molecule has 1 unspecified atom stereocenters. The van der Waals surface area contributed by atoms with E-state index < -0.39 is 5.97 Å². The molecular formula is C14H22N2O2S. The van der Waals surface area contributed by atoms with Gasteiger partial charge in [-0.05, 0) is 31.6 Å². The Labute approximate surface area is 118 Å². The number of hydrogen-bond acceptors (Lipinski definition) is 3. The molecule has 106 valence electrons. The van der Waals surface area contributed by atoms with Crippen molar-refractivity contribution in [2.45, 2.75) is 57.7 Å². The number of imidazole rings is 1. The van der Waals surface area contributed by atoms with Gasteiger partial charge in [0.05, 0.1) is 5.75 Å². The van der Waals surface area contributed by atoms with Gasteiger partial charge in [0.1, 0.15) is 0 Å². The van der Waals surface area contributed by atoms with E-state index in [1.165, 1.54) is 31.0 Å². The number of nitrogens with zero attached hydrogens (tertiary/aromatic N) is 2. The maximum absolute atomic E-state index is 10.7. The zero-order valence-electron chi connectivity index (χ0n) is 11.8. The third-order valence-electron chi connectivity index (χ3n) is 3.82. The fourth-order valence-electron chi connectivity index (χ4n) is 2.98. The van der Waals surface area contributed by atoms with Crippen LogP contribution in [0.3, 0.4) is 0 Å². The molecule has 0 aromatic carbocycles. The molecule has 1 aliphatic carbocycles. The summed E-state index contributed by atoms with van der Waals surface area (Å²) >= 11 is 1.32. The van der Waals surface area contributed by atoms with Crippen molar-refractivity contribution in [2.24, 2.45) is 5.41 Å². The molecule has 1 atom stereocenters. The topological polar surface area (TPSA) is 55.1 Å². The molecule has 0 bridgehead atoms. The molecule has 1 N–H and O–H groups in total. The molecule has 1 aromatic heterocycles. The second-order valence-corrected chi connectivity index (χ2v) is 7.09. The minimum absolute atomic E-state index is 0.0760. The number of hydrogen-bond donors (Lipinski definition) is 1. The Balaban J connectivity index is 2.18. The van der Waals surface area contributed by atoms with Crippen LogP contribution in [0.4, 0.5) is 0 Å². The van der Waals surface area contributed by atoms with E-state index in [1.54, 1.807) is 0 Å². The molecule has 0 spiro atoms. The van der Waals surface area contributed by atoms with Crippen LogP contribution in [0, 0.1) is 12.3 Å². The number of aromatic nitrogens is 2. The Kier molecular flexibility index (Phi) is 4.23. The molecule has 0 radical (unpaired) electrons. The van der Waals surface area contributed by atoms with E-state index in [9.17, 15) is 4.79 Å². The van der Waals surface area contributed by atoms with E-state index in [-0.39, 0.29) is 5.75 Å². The number of carbonyl (C=O) groups is 1. The van der Waals surface area contributed by atoms with Gasteiger partial charge in [-0.2, -0.15) is 0 Å². The predicted molar refractivity (Wildman–Crippen MR) is 76.6 cm³/mol. The van der Waals surface area contributed by atoms with Gasteiger partial charge in [-0.25, -0.2) is 4.98 Å². The lowest BCUT2D eigenvalue weighted by molar-refractivity contribution is -0.133. The number of aliphatic carboxylic acids is 1. The molecule has 2 rings (SSSR count). The van der Waals surface area contributed by atoms with E-state index in [0.717, 1.165) is 17.3 Å². The quantitative estimate of drug-likeness (QED) is 0.859. The lowest BCUT2D eigenvalue weighted by Crippen LogP contribution is -2.26. The highest BCUT2D eigenvalue weighted by Gasteiger charge is 2.30. The molecule has 1 aliphatic rings. The minimum Gasteiger partial charge on any atom is -0.481 e. The first-order valence-corrected chi connectivity index (χ1v) is 7.76. The van der Waals surface area contributed by atoms with Gasteiger partial charge in [0, 0.05) is 17.9 Å². The van der Waals surface area contributed by atoms with E-state index in [2.05, 4.69) is 30.3 Å². The Morgan fingerprint density at radius 3 is 3.00 bits per heavy atom. The number of aryl methyl sites for hydroxylation is 1. The summed E-state index contributed by atoms with van der Waals surface area (Å²) in [4.78, 5) is 15.1. The summed E-state index contributed by atoms with van der Waals surface area (Å²) in [6, 6.07) is 0.461. The van der Waals surface area contributed by atoms with Gasteiger partial charge in [-0.1, -0.05) is 32.0 Å². The second-order valence-electron chi connectivity index (χ2n) is 6.15. The third kappa shape index (κ3) is 3.53. The van der Waals surface area contributed by atoms with Crippen LogP contribution >= 0.6 is 11.8 Å². The minimum atomic E-state index is -0.791. The summed E-state index contributed by atoms with van der Waals surface area (Å²) in [7, 11) is 0. The van der Waals surface area contributed by atoms with Gasteiger partial charge in [0.15, 0.2) is 5.16 Å². The Hall–Kier alpha value is -0.970. The summed E-state index contributed by atoms with van der Waals surface area (Å²) in [6.45, 7) is 6.68. The highest BCUT2D eigenvalue weighted by molar-refractivity contribution is 7.99. The highest BCUT2D eigenvalue weighted by atomic mass is 32.2. The van der Waals surface area contributed by atoms with Gasteiger partial charge in [0.25, 0.3) is 0 Å². The van der Waals surface area contributed by atoms with Gasteiger partial charge in [-0.3, -0.25) is 4.79 Å². The van der Waals surface area contributed by atoms with Crippen molar-refractivity contribution in [3.05, 3.63) is 11.9 Å². The highest BCUT2D eigenvalue weighted by Crippen LogP contribution is 2.42. The summed E-state index contributed by atoms with van der Waals surface area (Å²) in [5.74, 6) is -0.715. The van der Waals surface area contributed by atoms with Crippen LogP contribution < -0.4 is 0 Å². The smallest absolute Gasteiger partial charge is 0.313 e. The number of thioether (sulfide) groups is 1. The predicted octanol–water partition coefficient (Wildman–Crippen LogP) is 3.51. The first-order chi connectivity index (χ1) is 8.89. The Bertz CT molecular complexity index is 468. The molecule has 0 amide bonds. The zero-order chi connectivity index (χ0) is 14.0. The van der Waals surface area contributed by atoms with E-state index >= 15 is 0 Å². The van der Waals surface area contributed by atoms with E-state index in [1.807, 2.05) is 6.20 Å². The number of rotatable bonds is 4. The van der Waals surface area contributed by atoms with Gasteiger partial charge in [-0.15, -0.1) is 0 Å². The van der Waals surface area contributed by atoms with Crippen molar-refractivity contribution in [1.82, 2.24) is 9.55 Å².